The van der Waals surface area contributed by atoms with E-state index < -0.39 is 0 Å². The van der Waals surface area contributed by atoms with Crippen LogP contribution in [0.5, 0.6) is 0 Å². The Labute approximate surface area is 281 Å². The third kappa shape index (κ3) is 7.50. The molecule has 0 saturated heterocycles. The largest absolute Gasteiger partial charge is 0.383 e. The first-order valence-corrected chi connectivity index (χ1v) is 15.2. The number of nitriles is 1. The molecule has 0 amide bonds. The van der Waals surface area contributed by atoms with Gasteiger partial charge in [-0.05, 0) is 84.4 Å². The predicted molar refractivity (Wildman–Crippen MR) is 191 cm³/mol. The Morgan fingerprint density at radius 2 is 1.04 bits per heavy atom. The molecule has 0 radical (unpaired) electrons. The van der Waals surface area contributed by atoms with E-state index in [-0.39, 0.29) is 5.82 Å². The minimum absolute atomic E-state index is 0.172. The van der Waals surface area contributed by atoms with Gasteiger partial charge in [-0.3, -0.25) is 0 Å². The average molecular weight is 660 g/mol. The second kappa shape index (κ2) is 13.6. The summed E-state index contributed by atoms with van der Waals surface area (Å²) in [5.41, 5.74) is 13.0. The van der Waals surface area contributed by atoms with Gasteiger partial charge >= 0.3 is 0 Å². The Balaban J connectivity index is 1.28. The summed E-state index contributed by atoms with van der Waals surface area (Å²) in [6, 6.07) is 34.1. The van der Waals surface area contributed by atoms with Crippen LogP contribution in [0.25, 0.3) is 22.4 Å². The zero-order chi connectivity index (χ0) is 32.9. The van der Waals surface area contributed by atoms with Gasteiger partial charge in [-0.15, -0.1) is 0 Å². The van der Waals surface area contributed by atoms with Gasteiger partial charge in [-0.1, -0.05) is 47.5 Å². The first kappa shape index (κ1) is 31.1. The molecular formula is C35H28Cl2N10. The lowest BCUT2D eigenvalue weighted by Gasteiger charge is -2.14. The van der Waals surface area contributed by atoms with Gasteiger partial charge in [-0.2, -0.15) is 20.2 Å². The normalized spacial score (nSPS) is 10.6. The first-order chi connectivity index (χ1) is 22.7. The SMILES string of the molecule is CN(C)c1ccc(-c2cc(-c3ccc(Nc4nc(Nc5ccc(Cl)cc5)nc(Nc5ccc(Cl)cc5)n4)cc3)nc(N)c2C#N)cc1. The summed E-state index contributed by atoms with van der Waals surface area (Å²) in [6.07, 6.45) is 0. The molecule has 0 fully saturated rings. The van der Waals surface area contributed by atoms with E-state index in [0.29, 0.717) is 44.7 Å². The van der Waals surface area contributed by atoms with Crippen LogP contribution in [0.4, 0.5) is 46.4 Å². The number of benzene rings is 4. The van der Waals surface area contributed by atoms with E-state index in [0.717, 1.165) is 33.9 Å². The highest BCUT2D eigenvalue weighted by molar-refractivity contribution is 6.30. The number of nitrogen functional groups attached to an aromatic ring is 1. The second-order valence-corrected chi connectivity index (χ2v) is 11.5. The van der Waals surface area contributed by atoms with Crippen molar-refractivity contribution < 1.29 is 0 Å². The highest BCUT2D eigenvalue weighted by Gasteiger charge is 2.15. The maximum Gasteiger partial charge on any atom is 0.233 e. The Hall–Kier alpha value is -5.89. The number of anilines is 8. The predicted octanol–water partition coefficient (Wildman–Crippen LogP) is 8.66. The Morgan fingerprint density at radius 1 is 0.617 bits per heavy atom. The third-order valence-corrected chi connectivity index (χ3v) is 7.63. The summed E-state index contributed by atoms with van der Waals surface area (Å²) >= 11 is 12.1. The lowest BCUT2D eigenvalue weighted by molar-refractivity contribution is 1.06. The molecule has 0 aliphatic rings. The zero-order valence-corrected chi connectivity index (χ0v) is 26.8. The molecule has 0 saturated carbocycles. The van der Waals surface area contributed by atoms with E-state index in [1.165, 1.54) is 0 Å². The monoisotopic (exact) mass is 658 g/mol. The van der Waals surface area contributed by atoms with Crippen LogP contribution in [0, 0.1) is 11.3 Å². The van der Waals surface area contributed by atoms with Gasteiger partial charge in [0.1, 0.15) is 17.5 Å². The van der Waals surface area contributed by atoms with Crippen LogP contribution in [0.1, 0.15) is 5.56 Å². The van der Waals surface area contributed by atoms with E-state index in [2.05, 4.69) is 42.0 Å². The fraction of sp³-hybridized carbons (Fsp3) is 0.0571. The van der Waals surface area contributed by atoms with Crippen LogP contribution >= 0.6 is 23.2 Å². The van der Waals surface area contributed by atoms with Gasteiger partial charge in [0, 0.05) is 58.0 Å². The fourth-order valence-electron chi connectivity index (χ4n) is 4.72. The molecule has 5 N–H and O–H groups in total. The Bertz CT molecular complexity index is 1990. The number of hydrogen-bond acceptors (Lipinski definition) is 10. The van der Waals surface area contributed by atoms with Crippen molar-refractivity contribution in [1.29, 1.82) is 5.26 Å². The van der Waals surface area contributed by atoms with Crippen LogP contribution in [0.3, 0.4) is 0 Å². The number of nitrogens with zero attached hydrogens (tertiary/aromatic N) is 6. The van der Waals surface area contributed by atoms with Crippen molar-refractivity contribution in [1.82, 2.24) is 19.9 Å². The minimum Gasteiger partial charge on any atom is -0.383 e. The average Bonchev–Trinajstić information content (AvgIpc) is 3.07. The van der Waals surface area contributed by atoms with Gasteiger partial charge in [0.15, 0.2) is 0 Å². The van der Waals surface area contributed by atoms with Crippen LogP contribution in [-0.4, -0.2) is 34.0 Å². The van der Waals surface area contributed by atoms with Crippen molar-refractivity contribution in [3.63, 3.8) is 0 Å². The molecule has 4 aromatic carbocycles. The summed E-state index contributed by atoms with van der Waals surface area (Å²) in [5, 5.41) is 20.7. The molecule has 232 valence electrons. The van der Waals surface area contributed by atoms with E-state index in [9.17, 15) is 5.26 Å². The minimum atomic E-state index is 0.172. The highest BCUT2D eigenvalue weighted by Crippen LogP contribution is 2.33. The molecule has 10 nitrogen and oxygen atoms in total. The molecule has 0 unspecified atom stereocenters. The summed E-state index contributed by atoms with van der Waals surface area (Å²) in [5.74, 6) is 1.12. The number of halogens is 2. The molecule has 0 aliphatic heterocycles. The maximum atomic E-state index is 9.85. The topological polar surface area (TPSA) is 141 Å². The molecule has 0 bridgehead atoms. The van der Waals surface area contributed by atoms with Gasteiger partial charge < -0.3 is 26.6 Å². The quantitative estimate of drug-likeness (QED) is 0.119. The summed E-state index contributed by atoms with van der Waals surface area (Å²) < 4.78 is 0. The maximum absolute atomic E-state index is 9.85. The molecule has 0 aliphatic carbocycles. The van der Waals surface area contributed by atoms with Crippen molar-refractivity contribution in [2.24, 2.45) is 0 Å². The summed E-state index contributed by atoms with van der Waals surface area (Å²) in [4.78, 5) is 20.2. The van der Waals surface area contributed by atoms with Crippen molar-refractivity contribution in [2.75, 3.05) is 40.7 Å². The standard InChI is InChI=1S/C35H28Cl2N10/c1-47(2)28-17-5-21(6-18-28)29-19-31(43-32(39)30(29)20-38)22-3-11-25(12-4-22)40-33-44-34(41-26-13-7-23(36)8-14-26)46-35(45-33)42-27-15-9-24(37)10-16-27/h3-19H,1-2H3,(H2,39,43)(H3,40,41,42,44,45,46). The van der Waals surface area contributed by atoms with Crippen molar-refractivity contribution in [3.05, 3.63) is 119 Å². The summed E-state index contributed by atoms with van der Waals surface area (Å²) in [7, 11) is 3.96. The smallest absolute Gasteiger partial charge is 0.233 e. The molecular weight excluding hydrogens is 631 g/mol. The highest BCUT2D eigenvalue weighted by atomic mass is 35.5. The van der Waals surface area contributed by atoms with Crippen LogP contribution in [0.2, 0.25) is 10.0 Å². The number of pyridine rings is 1. The Kier molecular flexibility index (Phi) is 9.02. The number of rotatable bonds is 9. The lowest BCUT2D eigenvalue weighted by atomic mass is 9.98. The molecule has 0 atom stereocenters. The number of nitrogens with one attached hydrogen (secondary N) is 3. The number of aromatic nitrogens is 4. The van der Waals surface area contributed by atoms with Crippen molar-refractivity contribution in [3.8, 4) is 28.5 Å². The van der Waals surface area contributed by atoms with Crippen molar-refractivity contribution >= 4 is 69.6 Å². The fourth-order valence-corrected chi connectivity index (χ4v) is 4.97. The second-order valence-electron chi connectivity index (χ2n) is 10.6. The van der Waals surface area contributed by atoms with Crippen LogP contribution in [0.15, 0.2) is 103 Å². The van der Waals surface area contributed by atoms with Gasteiger partial charge in [0.25, 0.3) is 0 Å². The van der Waals surface area contributed by atoms with Crippen LogP contribution < -0.4 is 26.6 Å². The Morgan fingerprint density at radius 3 is 1.47 bits per heavy atom. The number of nitrogens with two attached hydrogens (primary N) is 1. The molecule has 12 heteroatoms. The molecule has 2 aromatic heterocycles. The van der Waals surface area contributed by atoms with Gasteiger partial charge in [-0.25, -0.2) is 4.98 Å². The van der Waals surface area contributed by atoms with Crippen LogP contribution in [-0.2, 0) is 0 Å². The molecule has 0 spiro atoms. The molecule has 2 heterocycles. The van der Waals surface area contributed by atoms with E-state index >= 15 is 0 Å². The first-order valence-electron chi connectivity index (χ1n) is 14.4. The van der Waals surface area contributed by atoms with E-state index in [1.807, 2.05) is 97.9 Å². The molecule has 6 aromatic rings. The van der Waals surface area contributed by atoms with Gasteiger partial charge in [0.2, 0.25) is 17.8 Å². The van der Waals surface area contributed by atoms with E-state index in [1.54, 1.807) is 24.3 Å². The summed E-state index contributed by atoms with van der Waals surface area (Å²) in [6.45, 7) is 0. The molecule has 6 rings (SSSR count). The number of hydrogen-bond donors (Lipinski definition) is 4. The third-order valence-electron chi connectivity index (χ3n) is 7.13. The van der Waals surface area contributed by atoms with E-state index in [4.69, 9.17) is 28.9 Å². The lowest BCUT2D eigenvalue weighted by Crippen LogP contribution is -2.08. The molecule has 47 heavy (non-hydrogen) atoms. The zero-order valence-electron chi connectivity index (χ0n) is 25.3. The van der Waals surface area contributed by atoms with Gasteiger partial charge in [0.05, 0.1) is 5.69 Å². The van der Waals surface area contributed by atoms with Crippen molar-refractivity contribution in [2.45, 2.75) is 0 Å².